The summed E-state index contributed by atoms with van der Waals surface area (Å²) in [6.07, 6.45) is 10.0. The molecule has 1 saturated carbocycles. The number of nitrogens with zero attached hydrogens (tertiary/aromatic N) is 5. The molecule has 3 aliphatic rings. The maximum Gasteiger partial charge on any atom is 0.278 e. The fraction of sp³-hybridized carbons (Fsp3) is 0.607. The number of amides is 1. The van der Waals surface area contributed by atoms with Crippen LogP contribution in [-0.2, 0) is 23.2 Å². The van der Waals surface area contributed by atoms with Gasteiger partial charge in [0.15, 0.2) is 10.8 Å². The Labute approximate surface area is 233 Å². The molecule has 4 heterocycles. The van der Waals surface area contributed by atoms with Crippen molar-refractivity contribution in [1.29, 1.82) is 0 Å². The number of piperidine rings is 1. The summed E-state index contributed by atoms with van der Waals surface area (Å²) in [6.45, 7) is 9.52. The second kappa shape index (κ2) is 10.6. The Kier molecular flexibility index (Phi) is 7.15. The minimum Gasteiger partial charge on any atom is -0.372 e. The first-order valence-electron chi connectivity index (χ1n) is 14.1. The molecule has 39 heavy (non-hydrogen) atoms. The van der Waals surface area contributed by atoms with Crippen molar-refractivity contribution in [1.82, 2.24) is 30.0 Å². The average molecular weight is 551 g/mol. The SMILES string of the molecule is CC1CCN([C@H]2CC[C@H](OCc3csc(NC(=O)c4n[nH]c5c4C(C)(C)Cc4cnc(N)nc4-5)n3)CC2)CC1. The number of fused-ring (bicyclic) bond motifs is 3. The Hall–Kier alpha value is -2.89. The molecule has 0 radical (unpaired) electrons. The van der Waals surface area contributed by atoms with Gasteiger partial charge in [-0.1, -0.05) is 20.8 Å². The van der Waals surface area contributed by atoms with Crippen LogP contribution in [0.15, 0.2) is 11.6 Å². The number of carbonyl (C=O) groups is 1. The minimum atomic E-state index is -0.325. The molecular weight excluding hydrogens is 512 g/mol. The van der Waals surface area contributed by atoms with Crippen LogP contribution in [-0.4, -0.2) is 61.2 Å². The molecule has 0 aromatic carbocycles. The van der Waals surface area contributed by atoms with Crippen LogP contribution in [0.25, 0.3) is 11.4 Å². The lowest BCUT2D eigenvalue weighted by atomic mass is 9.73. The number of H-pyrrole nitrogens is 1. The lowest BCUT2D eigenvalue weighted by molar-refractivity contribution is -0.00756. The number of rotatable bonds is 6. The number of nitrogens with two attached hydrogens (primary N) is 1. The van der Waals surface area contributed by atoms with E-state index in [0.29, 0.717) is 29.5 Å². The molecule has 2 aliphatic carbocycles. The highest BCUT2D eigenvalue weighted by atomic mass is 32.1. The van der Waals surface area contributed by atoms with Gasteiger partial charge in [0.25, 0.3) is 5.91 Å². The third-order valence-electron chi connectivity index (χ3n) is 8.63. The van der Waals surface area contributed by atoms with Crippen LogP contribution in [0.1, 0.15) is 86.6 Å². The van der Waals surface area contributed by atoms with Crippen LogP contribution in [0.2, 0.25) is 0 Å². The molecule has 10 nitrogen and oxygen atoms in total. The highest BCUT2D eigenvalue weighted by Gasteiger charge is 2.38. The first-order valence-corrected chi connectivity index (χ1v) is 15.0. The zero-order valence-electron chi connectivity index (χ0n) is 23.0. The summed E-state index contributed by atoms with van der Waals surface area (Å²) >= 11 is 1.40. The molecule has 11 heteroatoms. The number of hydrogen-bond donors (Lipinski definition) is 3. The number of nitrogens with one attached hydrogen (secondary N) is 2. The standard InChI is InChI=1S/C28H38N8O2S/c1-16-8-10-36(11-9-16)19-4-6-20(7-5-19)38-14-18-15-39-27(31-18)33-25(37)24-21-23(34-35-24)22-17(12-28(21,2)3)13-30-26(29)32-22/h13,15-16,19-20H,4-12,14H2,1-3H3,(H,34,35)(H2,29,30,32)(H,31,33,37)/t19-,20-. The Morgan fingerprint density at radius 3 is 2.74 bits per heavy atom. The van der Waals surface area contributed by atoms with Crippen molar-refractivity contribution in [2.24, 2.45) is 5.92 Å². The van der Waals surface area contributed by atoms with Crippen molar-refractivity contribution in [3.63, 3.8) is 0 Å². The van der Waals surface area contributed by atoms with E-state index in [4.69, 9.17) is 10.5 Å². The van der Waals surface area contributed by atoms with Crippen molar-refractivity contribution in [3.05, 3.63) is 34.1 Å². The van der Waals surface area contributed by atoms with Crippen LogP contribution in [0, 0.1) is 5.92 Å². The molecular formula is C28H38N8O2S. The fourth-order valence-corrected chi connectivity index (χ4v) is 7.12. The van der Waals surface area contributed by atoms with E-state index in [1.54, 1.807) is 6.20 Å². The number of aromatic nitrogens is 5. The number of nitrogen functional groups attached to an aromatic ring is 1. The van der Waals surface area contributed by atoms with Crippen molar-refractivity contribution in [2.75, 3.05) is 24.1 Å². The van der Waals surface area contributed by atoms with E-state index in [1.807, 2.05) is 5.38 Å². The first kappa shape index (κ1) is 26.3. The van der Waals surface area contributed by atoms with Crippen LogP contribution >= 0.6 is 11.3 Å². The van der Waals surface area contributed by atoms with Crippen LogP contribution in [0.4, 0.5) is 11.1 Å². The summed E-state index contributed by atoms with van der Waals surface area (Å²) in [7, 11) is 0. The van der Waals surface area contributed by atoms with Crippen molar-refractivity contribution in [2.45, 2.75) is 89.9 Å². The zero-order chi connectivity index (χ0) is 27.1. The summed E-state index contributed by atoms with van der Waals surface area (Å²) < 4.78 is 6.23. The Bertz CT molecular complexity index is 1340. The van der Waals surface area contributed by atoms with Gasteiger partial charge in [0, 0.05) is 23.2 Å². The summed E-state index contributed by atoms with van der Waals surface area (Å²) in [5.74, 6) is 0.776. The van der Waals surface area contributed by atoms with Gasteiger partial charge < -0.3 is 15.4 Å². The number of aromatic amines is 1. The smallest absolute Gasteiger partial charge is 0.278 e. The van der Waals surface area contributed by atoms with E-state index < -0.39 is 0 Å². The molecule has 0 atom stereocenters. The monoisotopic (exact) mass is 550 g/mol. The maximum absolute atomic E-state index is 13.3. The summed E-state index contributed by atoms with van der Waals surface area (Å²) in [5, 5.41) is 12.8. The number of thiazole rings is 1. The van der Waals surface area contributed by atoms with Gasteiger partial charge >= 0.3 is 0 Å². The molecule has 0 unspecified atom stereocenters. The molecule has 2 fully saturated rings. The van der Waals surface area contributed by atoms with Crippen LogP contribution in [0.3, 0.4) is 0 Å². The van der Waals surface area contributed by atoms with E-state index >= 15 is 0 Å². The molecule has 3 aromatic rings. The Balaban J connectivity index is 1.05. The first-order chi connectivity index (χ1) is 18.8. The third-order valence-corrected chi connectivity index (χ3v) is 9.43. The number of ether oxygens (including phenoxy) is 1. The highest BCUT2D eigenvalue weighted by Crippen LogP contribution is 2.43. The molecule has 0 bridgehead atoms. The molecule has 6 rings (SSSR count). The zero-order valence-corrected chi connectivity index (χ0v) is 23.8. The fourth-order valence-electron chi connectivity index (χ4n) is 6.43. The number of carbonyl (C=O) groups excluding carboxylic acids is 1. The Morgan fingerprint density at radius 2 is 1.97 bits per heavy atom. The third kappa shape index (κ3) is 5.44. The van der Waals surface area contributed by atoms with Gasteiger partial charge in [0.05, 0.1) is 29.8 Å². The lowest BCUT2D eigenvalue weighted by Crippen LogP contribution is -2.43. The molecule has 208 valence electrons. The van der Waals surface area contributed by atoms with E-state index in [-0.39, 0.29) is 23.4 Å². The lowest BCUT2D eigenvalue weighted by Gasteiger charge is -2.40. The summed E-state index contributed by atoms with van der Waals surface area (Å²) in [4.78, 5) is 29.1. The minimum absolute atomic E-state index is 0.197. The maximum atomic E-state index is 13.3. The largest absolute Gasteiger partial charge is 0.372 e. The summed E-state index contributed by atoms with van der Waals surface area (Å²) in [6, 6.07) is 0.717. The van der Waals surface area contributed by atoms with Crippen molar-refractivity contribution in [3.8, 4) is 11.4 Å². The predicted molar refractivity (Wildman–Crippen MR) is 152 cm³/mol. The topological polar surface area (TPSA) is 135 Å². The van der Waals surface area contributed by atoms with E-state index in [0.717, 1.165) is 47.3 Å². The van der Waals surface area contributed by atoms with Gasteiger partial charge in [-0.15, -0.1) is 11.3 Å². The van der Waals surface area contributed by atoms with Gasteiger partial charge in [0.1, 0.15) is 0 Å². The quantitative estimate of drug-likeness (QED) is 0.407. The van der Waals surface area contributed by atoms with Crippen LogP contribution < -0.4 is 11.1 Å². The molecule has 1 saturated heterocycles. The number of hydrogen-bond acceptors (Lipinski definition) is 9. The van der Waals surface area contributed by atoms with Gasteiger partial charge in [-0.2, -0.15) is 5.10 Å². The number of anilines is 2. The predicted octanol–water partition coefficient (Wildman–Crippen LogP) is 4.55. The van der Waals surface area contributed by atoms with Gasteiger partial charge in [-0.25, -0.2) is 15.0 Å². The van der Waals surface area contributed by atoms with Crippen molar-refractivity contribution >= 4 is 28.3 Å². The van der Waals surface area contributed by atoms with Crippen LogP contribution in [0.5, 0.6) is 0 Å². The molecule has 0 spiro atoms. The van der Waals surface area contributed by atoms with E-state index in [9.17, 15) is 4.79 Å². The summed E-state index contributed by atoms with van der Waals surface area (Å²) in [5.41, 5.74) is 9.95. The van der Waals surface area contributed by atoms with Gasteiger partial charge in [-0.3, -0.25) is 15.2 Å². The van der Waals surface area contributed by atoms with Gasteiger partial charge in [0.2, 0.25) is 5.95 Å². The number of likely N-dealkylation sites (tertiary alicyclic amines) is 1. The molecule has 3 aromatic heterocycles. The molecule has 1 aliphatic heterocycles. The normalized spacial score (nSPS) is 23.3. The Morgan fingerprint density at radius 1 is 1.21 bits per heavy atom. The second-order valence-corrected chi connectivity index (χ2v) is 12.9. The molecule has 1 amide bonds. The highest BCUT2D eigenvalue weighted by molar-refractivity contribution is 7.14. The molecule has 4 N–H and O–H groups in total. The van der Waals surface area contributed by atoms with E-state index in [1.165, 1.54) is 50.1 Å². The van der Waals surface area contributed by atoms with E-state index in [2.05, 4.69) is 56.1 Å². The van der Waals surface area contributed by atoms with Gasteiger partial charge in [-0.05, 0) is 74.9 Å². The average Bonchev–Trinajstić information content (AvgIpc) is 3.57. The van der Waals surface area contributed by atoms with Crippen molar-refractivity contribution < 1.29 is 9.53 Å². The second-order valence-electron chi connectivity index (χ2n) is 12.0.